The van der Waals surface area contributed by atoms with Gasteiger partial charge in [-0.05, 0) is 30.7 Å². The second-order valence-electron chi connectivity index (χ2n) is 6.73. The van der Waals surface area contributed by atoms with Gasteiger partial charge >= 0.3 is 0 Å². The van der Waals surface area contributed by atoms with Crippen molar-refractivity contribution >= 4 is 11.6 Å². The van der Waals surface area contributed by atoms with E-state index in [0.717, 1.165) is 5.69 Å². The first-order valence-corrected chi connectivity index (χ1v) is 9.00. The molecule has 0 fully saturated rings. The largest absolute Gasteiger partial charge is 0.489 e. The van der Waals surface area contributed by atoms with Crippen LogP contribution >= 0.6 is 0 Å². The number of carbonyl (C=O) groups is 1. The molecule has 0 spiro atoms. The van der Waals surface area contributed by atoms with Crippen LogP contribution in [0, 0.1) is 12.7 Å². The third kappa shape index (κ3) is 3.43. The Balaban J connectivity index is 1.72. The van der Waals surface area contributed by atoms with Crippen molar-refractivity contribution in [1.82, 2.24) is 10.5 Å². The highest BCUT2D eigenvalue weighted by atomic mass is 19.1. The lowest BCUT2D eigenvalue weighted by Gasteiger charge is -2.29. The summed E-state index contributed by atoms with van der Waals surface area (Å²) in [5.41, 5.74) is 2.81. The lowest BCUT2D eigenvalue weighted by atomic mass is 9.99. The van der Waals surface area contributed by atoms with Crippen molar-refractivity contribution in [2.75, 3.05) is 25.1 Å². The second-order valence-corrected chi connectivity index (χ2v) is 6.73. The molecule has 7 heteroatoms. The predicted octanol–water partition coefficient (Wildman–Crippen LogP) is 3.55. The molecule has 0 unspecified atom stereocenters. The number of aryl methyl sites for hydroxylation is 1. The summed E-state index contributed by atoms with van der Waals surface area (Å²) in [5.74, 6) is 0.521. The predicted molar refractivity (Wildman–Crippen MR) is 103 cm³/mol. The third-order valence-corrected chi connectivity index (χ3v) is 4.69. The SMILES string of the molecule is Cc1cc(CNC(=O)c2cc(-c3ccccc3F)cc3c2OCCN3C)no1. The maximum absolute atomic E-state index is 14.3. The molecule has 144 valence electrons. The van der Waals surface area contributed by atoms with Crippen LogP contribution in [0.5, 0.6) is 5.75 Å². The van der Waals surface area contributed by atoms with Gasteiger partial charge in [-0.3, -0.25) is 4.79 Å². The first-order chi connectivity index (χ1) is 13.5. The van der Waals surface area contributed by atoms with Crippen molar-refractivity contribution in [2.24, 2.45) is 0 Å². The molecule has 1 aliphatic heterocycles. The highest BCUT2D eigenvalue weighted by molar-refractivity contribution is 6.00. The van der Waals surface area contributed by atoms with Gasteiger partial charge in [0.2, 0.25) is 0 Å². The highest BCUT2D eigenvalue weighted by Crippen LogP contribution is 2.39. The van der Waals surface area contributed by atoms with E-state index in [4.69, 9.17) is 9.26 Å². The molecule has 0 saturated carbocycles. The van der Waals surface area contributed by atoms with E-state index < -0.39 is 0 Å². The van der Waals surface area contributed by atoms with Crippen LogP contribution < -0.4 is 15.0 Å². The molecule has 28 heavy (non-hydrogen) atoms. The summed E-state index contributed by atoms with van der Waals surface area (Å²) in [7, 11) is 1.92. The number of hydrogen-bond acceptors (Lipinski definition) is 5. The summed E-state index contributed by atoms with van der Waals surface area (Å²) in [6.07, 6.45) is 0. The zero-order valence-corrected chi connectivity index (χ0v) is 15.7. The number of ether oxygens (including phenoxy) is 1. The fourth-order valence-corrected chi connectivity index (χ4v) is 3.24. The Hall–Kier alpha value is -3.35. The molecule has 0 radical (unpaired) electrons. The maximum atomic E-state index is 14.3. The topological polar surface area (TPSA) is 67.6 Å². The molecular formula is C21H20FN3O3. The lowest BCUT2D eigenvalue weighted by Crippen LogP contribution is -2.31. The molecule has 1 aromatic heterocycles. The second kappa shape index (κ2) is 7.34. The molecule has 0 atom stereocenters. The van der Waals surface area contributed by atoms with Crippen molar-refractivity contribution in [2.45, 2.75) is 13.5 Å². The Bertz CT molecular complexity index is 1030. The number of anilines is 1. The molecule has 3 aromatic rings. The molecule has 2 aromatic carbocycles. The van der Waals surface area contributed by atoms with Gasteiger partial charge in [-0.15, -0.1) is 0 Å². The first kappa shape index (κ1) is 18.0. The number of halogens is 1. The van der Waals surface area contributed by atoms with Crippen LogP contribution in [0.1, 0.15) is 21.8 Å². The van der Waals surface area contributed by atoms with Gasteiger partial charge < -0.3 is 19.5 Å². The molecule has 0 saturated heterocycles. The Morgan fingerprint density at radius 1 is 1.29 bits per heavy atom. The van der Waals surface area contributed by atoms with Gasteiger partial charge in [-0.25, -0.2) is 4.39 Å². The average molecular weight is 381 g/mol. The maximum Gasteiger partial charge on any atom is 0.255 e. The molecule has 1 N–H and O–H groups in total. The minimum Gasteiger partial charge on any atom is -0.489 e. The number of likely N-dealkylation sites (N-methyl/N-ethyl adjacent to an activating group) is 1. The fourth-order valence-electron chi connectivity index (χ4n) is 3.24. The number of rotatable bonds is 4. The number of aromatic nitrogens is 1. The molecule has 6 nitrogen and oxygen atoms in total. The fraction of sp³-hybridized carbons (Fsp3) is 0.238. The van der Waals surface area contributed by atoms with Crippen molar-refractivity contribution in [3.63, 3.8) is 0 Å². The Morgan fingerprint density at radius 3 is 2.86 bits per heavy atom. The molecule has 4 rings (SSSR count). The van der Waals surface area contributed by atoms with Crippen LogP contribution in [-0.4, -0.2) is 31.3 Å². The number of carbonyl (C=O) groups excluding carboxylic acids is 1. The summed E-state index contributed by atoms with van der Waals surface area (Å²) in [5, 5.41) is 6.71. The molecule has 0 aliphatic carbocycles. The summed E-state index contributed by atoms with van der Waals surface area (Å²) < 4.78 is 25.2. The van der Waals surface area contributed by atoms with E-state index in [1.807, 2.05) is 18.0 Å². The summed E-state index contributed by atoms with van der Waals surface area (Å²) in [6.45, 7) is 3.18. The minimum absolute atomic E-state index is 0.227. The van der Waals surface area contributed by atoms with Crippen LogP contribution in [-0.2, 0) is 6.54 Å². The molecular weight excluding hydrogens is 361 g/mol. The number of nitrogens with one attached hydrogen (secondary N) is 1. The van der Waals surface area contributed by atoms with Gasteiger partial charge in [0.05, 0.1) is 24.3 Å². The smallest absolute Gasteiger partial charge is 0.255 e. The monoisotopic (exact) mass is 381 g/mol. The van der Waals surface area contributed by atoms with Gasteiger partial charge in [0.25, 0.3) is 5.91 Å². The zero-order valence-electron chi connectivity index (χ0n) is 15.7. The van der Waals surface area contributed by atoms with Gasteiger partial charge in [0.1, 0.15) is 23.9 Å². The van der Waals surface area contributed by atoms with Crippen LogP contribution in [0.25, 0.3) is 11.1 Å². The Kier molecular flexibility index (Phi) is 4.73. The van der Waals surface area contributed by atoms with Gasteiger partial charge in [0, 0.05) is 18.7 Å². The summed E-state index contributed by atoms with van der Waals surface area (Å²) in [4.78, 5) is 14.9. The number of amides is 1. The average Bonchev–Trinajstić information content (AvgIpc) is 3.11. The Labute approximate surface area is 161 Å². The van der Waals surface area contributed by atoms with Crippen LogP contribution in [0.4, 0.5) is 10.1 Å². The van der Waals surface area contributed by atoms with Crippen LogP contribution in [0.2, 0.25) is 0 Å². The molecule has 2 heterocycles. The van der Waals surface area contributed by atoms with Crippen molar-refractivity contribution in [1.29, 1.82) is 0 Å². The van der Waals surface area contributed by atoms with Crippen molar-refractivity contribution in [3.8, 4) is 16.9 Å². The van der Waals surface area contributed by atoms with Crippen LogP contribution in [0.3, 0.4) is 0 Å². The van der Waals surface area contributed by atoms with Crippen LogP contribution in [0.15, 0.2) is 47.0 Å². The number of hydrogen-bond donors (Lipinski definition) is 1. The lowest BCUT2D eigenvalue weighted by molar-refractivity contribution is 0.0945. The van der Waals surface area contributed by atoms with E-state index in [1.165, 1.54) is 6.07 Å². The zero-order chi connectivity index (χ0) is 19.7. The van der Waals surface area contributed by atoms with E-state index in [2.05, 4.69) is 10.5 Å². The van der Waals surface area contributed by atoms with E-state index in [-0.39, 0.29) is 18.3 Å². The summed E-state index contributed by atoms with van der Waals surface area (Å²) >= 11 is 0. The molecule has 0 bridgehead atoms. The summed E-state index contributed by atoms with van der Waals surface area (Å²) in [6, 6.07) is 11.8. The number of nitrogens with zero attached hydrogens (tertiary/aromatic N) is 2. The molecule has 1 aliphatic rings. The first-order valence-electron chi connectivity index (χ1n) is 9.00. The van der Waals surface area contributed by atoms with Gasteiger partial charge in [-0.2, -0.15) is 0 Å². The van der Waals surface area contributed by atoms with E-state index in [9.17, 15) is 9.18 Å². The van der Waals surface area contributed by atoms with E-state index in [0.29, 0.717) is 47.0 Å². The standard InChI is InChI=1S/C21H20FN3O3/c1-13-9-15(24-28-13)12-23-21(26)17-10-14(16-5-3-4-6-18(16)22)11-19-20(17)27-8-7-25(19)2/h3-6,9-11H,7-8,12H2,1-2H3,(H,23,26). The quantitative estimate of drug-likeness (QED) is 0.749. The highest BCUT2D eigenvalue weighted by Gasteiger charge is 2.24. The van der Waals surface area contributed by atoms with Gasteiger partial charge in [0.15, 0.2) is 5.75 Å². The minimum atomic E-state index is -0.341. The normalized spacial score (nSPS) is 13.0. The van der Waals surface area contributed by atoms with Gasteiger partial charge in [-0.1, -0.05) is 23.4 Å². The van der Waals surface area contributed by atoms with Crippen molar-refractivity contribution < 1.29 is 18.4 Å². The van der Waals surface area contributed by atoms with E-state index in [1.54, 1.807) is 37.3 Å². The van der Waals surface area contributed by atoms with E-state index >= 15 is 0 Å². The number of benzene rings is 2. The third-order valence-electron chi connectivity index (χ3n) is 4.69. The van der Waals surface area contributed by atoms with Crippen molar-refractivity contribution in [3.05, 3.63) is 65.3 Å². The molecule has 1 amide bonds. The Morgan fingerprint density at radius 2 is 2.11 bits per heavy atom. The number of fused-ring (bicyclic) bond motifs is 1.